The highest BCUT2D eigenvalue weighted by Gasteiger charge is 2.07. The largest absolute Gasteiger partial charge is 0.495 e. The van der Waals surface area contributed by atoms with E-state index < -0.39 is 0 Å². The molecular formula is C13H13ClN2O2S. The minimum absolute atomic E-state index is 0.0130. The number of methoxy groups -OCH3 is 1. The van der Waals surface area contributed by atoms with Crippen molar-refractivity contribution in [3.63, 3.8) is 0 Å². The summed E-state index contributed by atoms with van der Waals surface area (Å²) in [4.78, 5) is 16.3. The number of thiazole rings is 1. The van der Waals surface area contributed by atoms with Gasteiger partial charge < -0.3 is 10.1 Å². The van der Waals surface area contributed by atoms with Crippen LogP contribution >= 0.6 is 22.9 Å². The highest BCUT2D eigenvalue weighted by atomic mass is 35.5. The number of carbonyl (C=O) groups is 1. The fourth-order valence-electron chi connectivity index (χ4n) is 1.60. The van der Waals surface area contributed by atoms with E-state index >= 15 is 0 Å². The SMILES string of the molecule is COc1cc(C(C)=O)ccc1NCc1cnc(Cl)s1. The summed E-state index contributed by atoms with van der Waals surface area (Å²) in [5, 5.41) is 3.24. The summed E-state index contributed by atoms with van der Waals surface area (Å²) in [5.74, 6) is 0.655. The average Bonchev–Trinajstić information content (AvgIpc) is 2.81. The molecule has 0 radical (unpaired) electrons. The first-order valence-corrected chi connectivity index (χ1v) is 6.82. The fourth-order valence-corrected chi connectivity index (χ4v) is 2.52. The molecule has 2 rings (SSSR count). The Bertz CT molecular complexity index is 598. The normalized spacial score (nSPS) is 10.3. The Kier molecular flexibility index (Phi) is 4.39. The highest BCUT2D eigenvalue weighted by molar-refractivity contribution is 7.15. The number of hydrogen-bond donors (Lipinski definition) is 1. The number of aromatic nitrogens is 1. The highest BCUT2D eigenvalue weighted by Crippen LogP contribution is 2.27. The Morgan fingerprint density at radius 1 is 1.53 bits per heavy atom. The predicted molar refractivity (Wildman–Crippen MR) is 77.4 cm³/mol. The third kappa shape index (κ3) is 3.45. The molecule has 1 aromatic carbocycles. The number of ether oxygens (including phenoxy) is 1. The van der Waals surface area contributed by atoms with E-state index in [-0.39, 0.29) is 5.78 Å². The lowest BCUT2D eigenvalue weighted by Gasteiger charge is -2.11. The zero-order valence-corrected chi connectivity index (χ0v) is 12.1. The van der Waals surface area contributed by atoms with Gasteiger partial charge in [-0.15, -0.1) is 11.3 Å². The van der Waals surface area contributed by atoms with E-state index in [9.17, 15) is 4.79 Å². The first-order chi connectivity index (χ1) is 9.10. The molecule has 100 valence electrons. The molecule has 4 nitrogen and oxygen atoms in total. The van der Waals surface area contributed by atoms with Crippen molar-refractivity contribution in [1.29, 1.82) is 0 Å². The number of hydrogen-bond acceptors (Lipinski definition) is 5. The third-order valence-electron chi connectivity index (χ3n) is 2.59. The maximum Gasteiger partial charge on any atom is 0.183 e. The first kappa shape index (κ1) is 13.8. The topological polar surface area (TPSA) is 51.2 Å². The number of ketones is 1. The number of Topliss-reactive ketones (excluding diaryl/α,β-unsaturated/α-hetero) is 1. The first-order valence-electron chi connectivity index (χ1n) is 5.63. The van der Waals surface area contributed by atoms with Gasteiger partial charge in [0.25, 0.3) is 0 Å². The Hall–Kier alpha value is -1.59. The van der Waals surface area contributed by atoms with Gasteiger partial charge in [-0.05, 0) is 25.1 Å². The van der Waals surface area contributed by atoms with Gasteiger partial charge in [-0.2, -0.15) is 0 Å². The lowest BCUT2D eigenvalue weighted by atomic mass is 10.1. The van der Waals surface area contributed by atoms with E-state index in [1.807, 2.05) is 6.07 Å². The minimum atomic E-state index is 0.0130. The van der Waals surface area contributed by atoms with Crippen LogP contribution in [0.1, 0.15) is 22.2 Å². The number of halogens is 1. The molecule has 6 heteroatoms. The predicted octanol–water partition coefficient (Wildman–Crippen LogP) is 3.62. The summed E-state index contributed by atoms with van der Waals surface area (Å²) < 4.78 is 5.80. The van der Waals surface area contributed by atoms with Crippen molar-refractivity contribution in [1.82, 2.24) is 4.98 Å². The Balaban J connectivity index is 2.13. The molecule has 0 fully saturated rings. The fraction of sp³-hybridized carbons (Fsp3) is 0.231. The molecule has 0 saturated heterocycles. The van der Waals surface area contributed by atoms with Crippen LogP contribution in [0.15, 0.2) is 24.4 Å². The van der Waals surface area contributed by atoms with E-state index in [2.05, 4.69) is 10.3 Å². The van der Waals surface area contributed by atoms with Crippen molar-refractivity contribution < 1.29 is 9.53 Å². The molecule has 0 aliphatic heterocycles. The molecule has 1 heterocycles. The summed E-state index contributed by atoms with van der Waals surface area (Å²) in [6, 6.07) is 5.33. The molecule has 1 aromatic heterocycles. The van der Waals surface area contributed by atoms with Gasteiger partial charge in [0, 0.05) is 16.6 Å². The Morgan fingerprint density at radius 3 is 2.89 bits per heavy atom. The second-order valence-corrected chi connectivity index (χ2v) is 5.60. The molecule has 0 amide bonds. The second kappa shape index (κ2) is 6.04. The molecule has 1 N–H and O–H groups in total. The number of rotatable bonds is 5. The monoisotopic (exact) mass is 296 g/mol. The Morgan fingerprint density at radius 2 is 2.32 bits per heavy atom. The van der Waals surface area contributed by atoms with Crippen LogP contribution in [0.3, 0.4) is 0 Å². The summed E-state index contributed by atoms with van der Waals surface area (Å²) >= 11 is 7.20. The van der Waals surface area contributed by atoms with E-state index in [1.54, 1.807) is 25.4 Å². The standard InChI is InChI=1S/C13H13ClN2O2S/c1-8(17)9-3-4-11(12(5-9)18-2)15-6-10-7-16-13(14)19-10/h3-5,7,15H,6H2,1-2H3. The summed E-state index contributed by atoms with van der Waals surface area (Å²) in [5.41, 5.74) is 1.46. The maximum absolute atomic E-state index is 11.3. The molecular weight excluding hydrogens is 284 g/mol. The lowest BCUT2D eigenvalue weighted by molar-refractivity contribution is 0.101. The smallest absolute Gasteiger partial charge is 0.183 e. The Labute approximate surface area is 120 Å². The van der Waals surface area contributed by atoms with Crippen LogP contribution in [-0.4, -0.2) is 17.9 Å². The van der Waals surface area contributed by atoms with Gasteiger partial charge in [0.05, 0.1) is 19.3 Å². The van der Waals surface area contributed by atoms with Crippen molar-refractivity contribution in [2.24, 2.45) is 0 Å². The number of anilines is 1. The van der Waals surface area contributed by atoms with Gasteiger partial charge in [-0.3, -0.25) is 4.79 Å². The number of nitrogens with zero attached hydrogens (tertiary/aromatic N) is 1. The third-order valence-corrected chi connectivity index (χ3v) is 3.70. The van der Waals surface area contributed by atoms with Gasteiger partial charge in [0.15, 0.2) is 10.3 Å². The zero-order valence-electron chi connectivity index (χ0n) is 10.6. The van der Waals surface area contributed by atoms with E-state index in [0.717, 1.165) is 10.6 Å². The van der Waals surface area contributed by atoms with Gasteiger partial charge >= 0.3 is 0 Å². The molecule has 0 aliphatic carbocycles. The van der Waals surface area contributed by atoms with Crippen LogP contribution in [0, 0.1) is 0 Å². The van der Waals surface area contributed by atoms with E-state index in [1.165, 1.54) is 18.3 Å². The molecule has 0 bridgehead atoms. The van der Waals surface area contributed by atoms with Crippen LogP contribution < -0.4 is 10.1 Å². The molecule has 0 unspecified atom stereocenters. The molecule has 0 aliphatic rings. The molecule has 2 aromatic rings. The van der Waals surface area contributed by atoms with Gasteiger partial charge in [-0.1, -0.05) is 11.6 Å². The molecule has 0 spiro atoms. The summed E-state index contributed by atoms with van der Waals surface area (Å²) in [7, 11) is 1.58. The summed E-state index contributed by atoms with van der Waals surface area (Å²) in [6.45, 7) is 2.14. The van der Waals surface area contributed by atoms with Crippen molar-refractivity contribution >= 4 is 34.4 Å². The van der Waals surface area contributed by atoms with Crippen LogP contribution in [0.2, 0.25) is 4.47 Å². The van der Waals surface area contributed by atoms with Crippen molar-refractivity contribution in [2.45, 2.75) is 13.5 Å². The van der Waals surface area contributed by atoms with Crippen LogP contribution in [0.4, 0.5) is 5.69 Å². The second-order valence-electron chi connectivity index (χ2n) is 3.90. The van der Waals surface area contributed by atoms with Gasteiger partial charge in [0.2, 0.25) is 0 Å². The number of nitrogens with one attached hydrogen (secondary N) is 1. The average molecular weight is 297 g/mol. The quantitative estimate of drug-likeness (QED) is 0.856. The minimum Gasteiger partial charge on any atom is -0.495 e. The van der Waals surface area contributed by atoms with Crippen LogP contribution in [-0.2, 0) is 6.54 Å². The van der Waals surface area contributed by atoms with Crippen molar-refractivity contribution in [3.05, 3.63) is 39.3 Å². The molecule has 0 saturated carbocycles. The van der Waals surface area contributed by atoms with E-state index in [0.29, 0.717) is 22.3 Å². The lowest BCUT2D eigenvalue weighted by Crippen LogP contribution is -2.01. The van der Waals surface area contributed by atoms with Gasteiger partial charge in [0.1, 0.15) is 5.75 Å². The van der Waals surface area contributed by atoms with Crippen molar-refractivity contribution in [3.8, 4) is 5.75 Å². The van der Waals surface area contributed by atoms with Crippen LogP contribution in [0.25, 0.3) is 0 Å². The van der Waals surface area contributed by atoms with Crippen molar-refractivity contribution in [2.75, 3.05) is 12.4 Å². The van der Waals surface area contributed by atoms with Gasteiger partial charge in [-0.25, -0.2) is 4.98 Å². The maximum atomic E-state index is 11.3. The summed E-state index contributed by atoms with van der Waals surface area (Å²) in [6.07, 6.45) is 1.73. The van der Waals surface area contributed by atoms with E-state index in [4.69, 9.17) is 16.3 Å². The number of carbonyl (C=O) groups excluding carboxylic acids is 1. The zero-order chi connectivity index (χ0) is 13.8. The number of benzene rings is 1. The molecule has 0 atom stereocenters. The molecule has 19 heavy (non-hydrogen) atoms. The van der Waals surface area contributed by atoms with Crippen LogP contribution in [0.5, 0.6) is 5.75 Å².